The van der Waals surface area contributed by atoms with Gasteiger partial charge in [-0.05, 0) is 43.5 Å². The lowest BCUT2D eigenvalue weighted by molar-refractivity contribution is -0.135. The lowest BCUT2D eigenvalue weighted by atomic mass is 10.1. The standard InChI is InChI=1S/C30H44F4N2O2/c1-2-3-4-12-15-26(31)24-38-27-18-16-25(17-19-27)29-35-22-28(23-36-29)37-21-14-11-9-7-5-6-8-10-13-20-30(32,33)34/h16-19,22-23,26H,2-15,20-21,24H2,1H3. The van der Waals surface area contributed by atoms with E-state index in [2.05, 4.69) is 16.9 Å². The van der Waals surface area contributed by atoms with Crippen molar-refractivity contribution in [1.82, 2.24) is 9.97 Å². The number of nitrogens with zero attached hydrogens (tertiary/aromatic N) is 2. The zero-order valence-electron chi connectivity index (χ0n) is 22.8. The molecule has 4 nitrogen and oxygen atoms in total. The van der Waals surface area contributed by atoms with Gasteiger partial charge in [-0.15, -0.1) is 0 Å². The third-order valence-corrected chi connectivity index (χ3v) is 6.42. The first-order valence-electron chi connectivity index (χ1n) is 14.3. The predicted molar refractivity (Wildman–Crippen MR) is 144 cm³/mol. The van der Waals surface area contributed by atoms with Gasteiger partial charge >= 0.3 is 6.18 Å². The van der Waals surface area contributed by atoms with Crippen LogP contribution in [0.3, 0.4) is 0 Å². The Labute approximate surface area is 225 Å². The quantitative estimate of drug-likeness (QED) is 0.117. The molecule has 1 atom stereocenters. The van der Waals surface area contributed by atoms with E-state index in [0.717, 1.165) is 76.2 Å². The van der Waals surface area contributed by atoms with Crippen LogP contribution in [0.4, 0.5) is 17.6 Å². The van der Waals surface area contributed by atoms with Crippen molar-refractivity contribution < 1.29 is 27.0 Å². The van der Waals surface area contributed by atoms with Crippen molar-refractivity contribution in [3.8, 4) is 22.9 Å². The Hall–Kier alpha value is -2.38. The Bertz CT molecular complexity index is 845. The van der Waals surface area contributed by atoms with Gasteiger partial charge in [0.2, 0.25) is 0 Å². The number of aromatic nitrogens is 2. The number of hydrogen-bond acceptors (Lipinski definition) is 4. The van der Waals surface area contributed by atoms with Gasteiger partial charge < -0.3 is 9.47 Å². The van der Waals surface area contributed by atoms with Gasteiger partial charge in [0.15, 0.2) is 11.6 Å². The summed E-state index contributed by atoms with van der Waals surface area (Å²) in [4.78, 5) is 8.77. The highest BCUT2D eigenvalue weighted by atomic mass is 19.4. The lowest BCUT2D eigenvalue weighted by Crippen LogP contribution is -2.12. The van der Waals surface area contributed by atoms with E-state index >= 15 is 0 Å². The SMILES string of the molecule is CCCCCCC(F)COc1ccc(-c2ncc(OCCCCCCCCCCCC(F)(F)F)cn2)cc1. The first kappa shape index (κ1) is 31.8. The van der Waals surface area contributed by atoms with Crippen LogP contribution in [0.2, 0.25) is 0 Å². The summed E-state index contributed by atoms with van der Waals surface area (Å²) in [5, 5.41) is 0. The topological polar surface area (TPSA) is 44.2 Å². The zero-order valence-corrected chi connectivity index (χ0v) is 22.8. The van der Waals surface area contributed by atoms with Crippen molar-refractivity contribution in [1.29, 1.82) is 0 Å². The minimum atomic E-state index is -4.02. The number of hydrogen-bond donors (Lipinski definition) is 0. The van der Waals surface area contributed by atoms with E-state index in [1.54, 1.807) is 24.5 Å². The Kier molecular flexibility index (Phi) is 15.8. The molecular weight excluding hydrogens is 496 g/mol. The summed E-state index contributed by atoms with van der Waals surface area (Å²) in [5.74, 6) is 1.84. The van der Waals surface area contributed by atoms with Crippen LogP contribution in [0.1, 0.15) is 103 Å². The smallest absolute Gasteiger partial charge is 0.389 e. The molecule has 1 aromatic carbocycles. The van der Waals surface area contributed by atoms with E-state index in [1.165, 1.54) is 0 Å². The normalized spacial score (nSPS) is 12.4. The molecule has 8 heteroatoms. The van der Waals surface area contributed by atoms with Crippen molar-refractivity contribution >= 4 is 0 Å². The fourth-order valence-corrected chi connectivity index (χ4v) is 4.16. The molecule has 0 fully saturated rings. The molecule has 214 valence electrons. The molecule has 0 aliphatic heterocycles. The summed E-state index contributed by atoms with van der Waals surface area (Å²) in [6.45, 7) is 2.81. The van der Waals surface area contributed by atoms with E-state index < -0.39 is 18.8 Å². The molecule has 0 aliphatic rings. The van der Waals surface area contributed by atoms with Crippen molar-refractivity contribution in [2.75, 3.05) is 13.2 Å². The van der Waals surface area contributed by atoms with Gasteiger partial charge in [-0.25, -0.2) is 14.4 Å². The van der Waals surface area contributed by atoms with Crippen LogP contribution in [0.15, 0.2) is 36.7 Å². The summed E-state index contributed by atoms with van der Waals surface area (Å²) in [7, 11) is 0. The van der Waals surface area contributed by atoms with Crippen LogP contribution in [0.25, 0.3) is 11.4 Å². The number of halogens is 4. The Morgan fingerprint density at radius 3 is 1.89 bits per heavy atom. The summed E-state index contributed by atoms with van der Waals surface area (Å²) >= 11 is 0. The molecule has 0 radical (unpaired) electrons. The van der Waals surface area contributed by atoms with Gasteiger partial charge in [-0.3, -0.25) is 0 Å². The number of alkyl halides is 4. The van der Waals surface area contributed by atoms with Gasteiger partial charge in [0.25, 0.3) is 0 Å². The fourth-order valence-electron chi connectivity index (χ4n) is 4.16. The number of ether oxygens (including phenoxy) is 2. The van der Waals surface area contributed by atoms with Gasteiger partial charge in [-0.2, -0.15) is 13.2 Å². The maximum absolute atomic E-state index is 14.0. The second-order valence-corrected chi connectivity index (χ2v) is 9.92. The van der Waals surface area contributed by atoms with E-state index in [1.807, 2.05) is 12.1 Å². The molecule has 0 amide bonds. The van der Waals surface area contributed by atoms with Crippen molar-refractivity contribution in [3.05, 3.63) is 36.7 Å². The second kappa shape index (κ2) is 18.8. The summed E-state index contributed by atoms with van der Waals surface area (Å²) in [6.07, 6.45) is 10.6. The van der Waals surface area contributed by atoms with Gasteiger partial charge in [0.1, 0.15) is 18.5 Å². The molecule has 2 rings (SSSR count). The predicted octanol–water partition coefficient (Wildman–Crippen LogP) is 9.67. The molecule has 1 unspecified atom stereocenters. The monoisotopic (exact) mass is 540 g/mol. The number of benzene rings is 1. The van der Waals surface area contributed by atoms with Crippen molar-refractivity contribution in [3.63, 3.8) is 0 Å². The molecule has 1 aromatic heterocycles. The molecule has 0 saturated carbocycles. The minimum Gasteiger partial charge on any atom is -0.491 e. The van der Waals surface area contributed by atoms with E-state index in [9.17, 15) is 17.6 Å². The zero-order chi connectivity index (χ0) is 27.5. The van der Waals surface area contributed by atoms with Gasteiger partial charge in [-0.1, -0.05) is 77.6 Å². The average molecular weight is 541 g/mol. The van der Waals surface area contributed by atoms with Crippen LogP contribution in [0.5, 0.6) is 11.5 Å². The molecule has 0 spiro atoms. The number of unbranched alkanes of at least 4 members (excludes halogenated alkanes) is 11. The van der Waals surface area contributed by atoms with Crippen LogP contribution in [-0.2, 0) is 0 Å². The highest BCUT2D eigenvalue weighted by Gasteiger charge is 2.25. The fraction of sp³-hybridized carbons (Fsp3) is 0.667. The average Bonchev–Trinajstić information content (AvgIpc) is 2.90. The highest BCUT2D eigenvalue weighted by molar-refractivity contribution is 5.56. The van der Waals surface area contributed by atoms with E-state index in [0.29, 0.717) is 36.8 Å². The Balaban J connectivity index is 1.54. The molecule has 0 aliphatic carbocycles. The third-order valence-electron chi connectivity index (χ3n) is 6.42. The lowest BCUT2D eigenvalue weighted by Gasteiger charge is -2.11. The van der Waals surface area contributed by atoms with Gasteiger partial charge in [0, 0.05) is 12.0 Å². The molecule has 0 saturated heterocycles. The summed E-state index contributed by atoms with van der Waals surface area (Å²) < 4.78 is 61.6. The number of rotatable bonds is 21. The maximum atomic E-state index is 14.0. The van der Waals surface area contributed by atoms with Crippen LogP contribution in [-0.4, -0.2) is 35.5 Å². The van der Waals surface area contributed by atoms with Crippen LogP contribution >= 0.6 is 0 Å². The van der Waals surface area contributed by atoms with Crippen LogP contribution in [0, 0.1) is 0 Å². The first-order chi connectivity index (χ1) is 18.4. The maximum Gasteiger partial charge on any atom is 0.389 e. The summed E-state index contributed by atoms with van der Waals surface area (Å²) in [5.41, 5.74) is 0.848. The molecule has 0 bridgehead atoms. The Morgan fingerprint density at radius 2 is 1.29 bits per heavy atom. The van der Waals surface area contributed by atoms with E-state index in [-0.39, 0.29) is 13.0 Å². The molecule has 38 heavy (non-hydrogen) atoms. The molecule has 2 aromatic rings. The van der Waals surface area contributed by atoms with E-state index in [4.69, 9.17) is 9.47 Å². The molecule has 1 heterocycles. The van der Waals surface area contributed by atoms with Crippen LogP contribution < -0.4 is 9.47 Å². The van der Waals surface area contributed by atoms with Crippen molar-refractivity contribution in [2.45, 2.75) is 116 Å². The summed E-state index contributed by atoms with van der Waals surface area (Å²) in [6, 6.07) is 7.34. The first-order valence-corrected chi connectivity index (χ1v) is 14.3. The second-order valence-electron chi connectivity index (χ2n) is 9.92. The molecular formula is C30H44F4N2O2. The molecule has 0 N–H and O–H groups in total. The van der Waals surface area contributed by atoms with Crippen molar-refractivity contribution in [2.24, 2.45) is 0 Å². The third kappa shape index (κ3) is 15.1. The minimum absolute atomic E-state index is 0.0718. The van der Waals surface area contributed by atoms with Gasteiger partial charge in [0.05, 0.1) is 19.0 Å². The highest BCUT2D eigenvalue weighted by Crippen LogP contribution is 2.24. The largest absolute Gasteiger partial charge is 0.491 e. The Morgan fingerprint density at radius 1 is 0.711 bits per heavy atom.